The summed E-state index contributed by atoms with van der Waals surface area (Å²) < 4.78 is 0. The van der Waals surface area contributed by atoms with Crippen LogP contribution in [0.5, 0.6) is 0 Å². The van der Waals surface area contributed by atoms with Gasteiger partial charge in [-0.15, -0.1) is 0 Å². The van der Waals surface area contributed by atoms with Crippen LogP contribution in [0.2, 0.25) is 0 Å². The number of nitro benzene ring substituents is 1. The molecule has 0 atom stereocenters. The van der Waals surface area contributed by atoms with Crippen LogP contribution in [0.1, 0.15) is 11.3 Å². The van der Waals surface area contributed by atoms with Gasteiger partial charge in [0.1, 0.15) is 11.8 Å². The van der Waals surface area contributed by atoms with Crippen molar-refractivity contribution in [3.8, 4) is 17.3 Å². The van der Waals surface area contributed by atoms with E-state index in [9.17, 15) is 10.1 Å². The summed E-state index contributed by atoms with van der Waals surface area (Å²) in [6.45, 7) is 1.85. The largest absolute Gasteiger partial charge is 0.270 e. The number of pyridine rings is 1. The van der Waals surface area contributed by atoms with Crippen LogP contribution in [0.25, 0.3) is 11.3 Å². The SMILES string of the molecule is Cc1cc(C#N)nc(-c2cccc([N+](=O)[O-])c2)c1. The molecule has 0 aliphatic rings. The number of non-ortho nitro benzene ring substituents is 1. The maximum atomic E-state index is 10.7. The van der Waals surface area contributed by atoms with Gasteiger partial charge in [0, 0.05) is 17.7 Å². The lowest BCUT2D eigenvalue weighted by Gasteiger charge is -2.03. The number of aromatic nitrogens is 1. The summed E-state index contributed by atoms with van der Waals surface area (Å²) in [4.78, 5) is 14.4. The van der Waals surface area contributed by atoms with E-state index < -0.39 is 4.92 Å². The maximum Gasteiger partial charge on any atom is 0.270 e. The molecule has 0 aliphatic carbocycles. The second-order valence-electron chi connectivity index (χ2n) is 3.83. The lowest BCUT2D eigenvalue weighted by Crippen LogP contribution is -1.92. The van der Waals surface area contributed by atoms with Crippen molar-refractivity contribution in [1.29, 1.82) is 5.26 Å². The van der Waals surface area contributed by atoms with Gasteiger partial charge in [-0.1, -0.05) is 12.1 Å². The number of nitrogens with zero attached hydrogens (tertiary/aromatic N) is 3. The molecule has 0 bridgehead atoms. The molecule has 0 fully saturated rings. The minimum Gasteiger partial charge on any atom is -0.258 e. The van der Waals surface area contributed by atoms with E-state index >= 15 is 0 Å². The fourth-order valence-electron chi connectivity index (χ4n) is 1.65. The normalized spacial score (nSPS) is 9.78. The zero-order valence-corrected chi connectivity index (χ0v) is 9.62. The van der Waals surface area contributed by atoms with Gasteiger partial charge in [-0.3, -0.25) is 10.1 Å². The topological polar surface area (TPSA) is 79.8 Å². The quantitative estimate of drug-likeness (QED) is 0.596. The standard InChI is InChI=1S/C13H9N3O2/c1-9-5-11(8-14)15-13(6-9)10-3-2-4-12(7-10)16(17)18/h2-7H,1H3. The van der Waals surface area contributed by atoms with E-state index in [4.69, 9.17) is 5.26 Å². The molecule has 1 aromatic carbocycles. The third-order valence-electron chi connectivity index (χ3n) is 2.44. The first-order valence-corrected chi connectivity index (χ1v) is 5.24. The highest BCUT2D eigenvalue weighted by Crippen LogP contribution is 2.23. The van der Waals surface area contributed by atoms with Gasteiger partial charge >= 0.3 is 0 Å². The van der Waals surface area contributed by atoms with Crippen molar-refractivity contribution in [2.24, 2.45) is 0 Å². The first kappa shape index (κ1) is 11.7. The summed E-state index contributed by atoms with van der Waals surface area (Å²) in [5.41, 5.74) is 2.40. The molecule has 0 saturated heterocycles. The van der Waals surface area contributed by atoms with Crippen LogP contribution in [0.3, 0.4) is 0 Å². The van der Waals surface area contributed by atoms with E-state index in [0.717, 1.165) is 5.56 Å². The highest BCUT2D eigenvalue weighted by atomic mass is 16.6. The first-order valence-electron chi connectivity index (χ1n) is 5.24. The Labute approximate surface area is 103 Å². The van der Waals surface area contributed by atoms with Crippen LogP contribution >= 0.6 is 0 Å². The van der Waals surface area contributed by atoms with Crippen LogP contribution in [0.4, 0.5) is 5.69 Å². The molecule has 2 rings (SSSR count). The third kappa shape index (κ3) is 2.33. The molecule has 5 heteroatoms. The van der Waals surface area contributed by atoms with Crippen LogP contribution in [0, 0.1) is 28.4 Å². The Kier molecular flexibility index (Phi) is 3.02. The Bertz CT molecular complexity index is 660. The zero-order chi connectivity index (χ0) is 13.1. The van der Waals surface area contributed by atoms with Gasteiger partial charge in [-0.25, -0.2) is 4.98 Å². The highest BCUT2D eigenvalue weighted by Gasteiger charge is 2.09. The summed E-state index contributed by atoms with van der Waals surface area (Å²) in [6.07, 6.45) is 0. The molecule has 0 aliphatic heterocycles. The first-order chi connectivity index (χ1) is 8.60. The molecular weight excluding hydrogens is 230 g/mol. The number of aryl methyl sites for hydroxylation is 1. The predicted octanol–water partition coefficient (Wildman–Crippen LogP) is 2.84. The smallest absolute Gasteiger partial charge is 0.258 e. The third-order valence-corrected chi connectivity index (χ3v) is 2.44. The van der Waals surface area contributed by atoms with Crippen molar-refractivity contribution < 1.29 is 4.92 Å². The molecule has 0 saturated carbocycles. The van der Waals surface area contributed by atoms with E-state index in [1.54, 1.807) is 24.3 Å². The van der Waals surface area contributed by atoms with Gasteiger partial charge in [0.25, 0.3) is 5.69 Å². The number of benzene rings is 1. The maximum absolute atomic E-state index is 10.7. The lowest BCUT2D eigenvalue weighted by atomic mass is 10.1. The molecule has 1 heterocycles. The van der Waals surface area contributed by atoms with E-state index in [1.165, 1.54) is 12.1 Å². The van der Waals surface area contributed by atoms with E-state index in [-0.39, 0.29) is 5.69 Å². The molecular formula is C13H9N3O2. The zero-order valence-electron chi connectivity index (χ0n) is 9.62. The number of hydrogen-bond donors (Lipinski definition) is 0. The van der Waals surface area contributed by atoms with Crippen molar-refractivity contribution in [2.45, 2.75) is 6.92 Å². The average Bonchev–Trinajstić information content (AvgIpc) is 2.38. The molecule has 1 aromatic heterocycles. The fraction of sp³-hybridized carbons (Fsp3) is 0.0769. The summed E-state index contributed by atoms with van der Waals surface area (Å²) in [5.74, 6) is 0. The van der Waals surface area contributed by atoms with Gasteiger partial charge < -0.3 is 0 Å². The van der Waals surface area contributed by atoms with Crippen molar-refractivity contribution in [3.05, 3.63) is 57.8 Å². The monoisotopic (exact) mass is 239 g/mol. The van der Waals surface area contributed by atoms with Gasteiger partial charge in [0.05, 0.1) is 10.6 Å². The van der Waals surface area contributed by atoms with Gasteiger partial charge in [0.2, 0.25) is 0 Å². The summed E-state index contributed by atoms with van der Waals surface area (Å²) in [6, 6.07) is 11.6. The Morgan fingerprint density at radius 2 is 2.11 bits per heavy atom. The van der Waals surface area contributed by atoms with Crippen molar-refractivity contribution in [1.82, 2.24) is 4.98 Å². The molecule has 0 N–H and O–H groups in total. The lowest BCUT2D eigenvalue weighted by molar-refractivity contribution is -0.384. The number of hydrogen-bond acceptors (Lipinski definition) is 4. The molecule has 18 heavy (non-hydrogen) atoms. The number of nitriles is 1. The minimum absolute atomic E-state index is 0.00862. The van der Waals surface area contributed by atoms with Crippen LogP contribution in [-0.4, -0.2) is 9.91 Å². The summed E-state index contributed by atoms with van der Waals surface area (Å²) in [5, 5.41) is 19.6. The van der Waals surface area contributed by atoms with Gasteiger partial charge in [-0.05, 0) is 24.6 Å². The molecule has 0 radical (unpaired) electrons. The summed E-state index contributed by atoms with van der Waals surface area (Å²) >= 11 is 0. The van der Waals surface area contributed by atoms with Crippen molar-refractivity contribution in [3.63, 3.8) is 0 Å². The molecule has 0 unspecified atom stereocenters. The predicted molar refractivity (Wildman–Crippen MR) is 65.8 cm³/mol. The van der Waals surface area contributed by atoms with E-state index in [1.807, 2.05) is 13.0 Å². The molecule has 0 amide bonds. The number of nitro groups is 1. The van der Waals surface area contributed by atoms with Crippen LogP contribution in [-0.2, 0) is 0 Å². The second-order valence-corrected chi connectivity index (χ2v) is 3.83. The number of rotatable bonds is 2. The molecule has 0 spiro atoms. The highest BCUT2D eigenvalue weighted by molar-refractivity contribution is 5.63. The van der Waals surface area contributed by atoms with Crippen LogP contribution in [0.15, 0.2) is 36.4 Å². The summed E-state index contributed by atoms with van der Waals surface area (Å²) in [7, 11) is 0. The Morgan fingerprint density at radius 1 is 1.33 bits per heavy atom. The minimum atomic E-state index is -0.454. The molecule has 2 aromatic rings. The van der Waals surface area contributed by atoms with Gasteiger partial charge in [-0.2, -0.15) is 5.26 Å². The van der Waals surface area contributed by atoms with E-state index in [2.05, 4.69) is 4.98 Å². The Hall–Kier alpha value is -2.74. The van der Waals surface area contributed by atoms with Gasteiger partial charge in [0.15, 0.2) is 0 Å². The van der Waals surface area contributed by atoms with E-state index in [0.29, 0.717) is 17.0 Å². The molecule has 5 nitrogen and oxygen atoms in total. The Morgan fingerprint density at radius 3 is 2.78 bits per heavy atom. The average molecular weight is 239 g/mol. The fourth-order valence-corrected chi connectivity index (χ4v) is 1.65. The van der Waals surface area contributed by atoms with Crippen molar-refractivity contribution >= 4 is 5.69 Å². The van der Waals surface area contributed by atoms with Crippen LogP contribution < -0.4 is 0 Å². The Balaban J connectivity index is 2.55. The molecule has 88 valence electrons. The van der Waals surface area contributed by atoms with Crippen molar-refractivity contribution in [2.75, 3.05) is 0 Å². The second kappa shape index (κ2) is 4.63.